The van der Waals surface area contributed by atoms with Gasteiger partial charge in [-0.15, -0.1) is 17.7 Å². The average Bonchev–Trinajstić information content (AvgIpc) is 3.41. The second kappa shape index (κ2) is 13.6. The molecule has 0 bridgehead atoms. The average molecular weight is 823 g/mol. The number of hydrogen-bond donors (Lipinski definition) is 1. The van der Waals surface area contributed by atoms with Crippen LogP contribution in [0.2, 0.25) is 0 Å². The molecule has 0 atom stereocenters. The van der Waals surface area contributed by atoms with Crippen molar-refractivity contribution in [3.63, 3.8) is 0 Å². The number of benzene rings is 3. The molecule has 1 aliphatic rings. The summed E-state index contributed by atoms with van der Waals surface area (Å²) in [7, 11) is 0. The molecule has 3 aromatic carbocycles. The topological polar surface area (TPSA) is 63.3 Å². The van der Waals surface area contributed by atoms with Gasteiger partial charge in [-0.3, -0.25) is 4.79 Å². The Labute approximate surface area is 300 Å². The maximum Gasteiger partial charge on any atom is 0.164 e. The number of carbonyl (C=O) groups is 1. The van der Waals surface area contributed by atoms with E-state index < -0.39 is 0 Å². The Morgan fingerprint density at radius 3 is 2.12 bits per heavy atom. The van der Waals surface area contributed by atoms with E-state index in [1.54, 1.807) is 0 Å². The minimum Gasteiger partial charge on any atom is -0.512 e. The van der Waals surface area contributed by atoms with E-state index in [1.165, 1.54) is 38.9 Å². The monoisotopic (exact) mass is 823 g/mol. The van der Waals surface area contributed by atoms with Crippen molar-refractivity contribution >= 4 is 38.5 Å². The molecule has 0 unspecified atom stereocenters. The molecule has 48 heavy (non-hydrogen) atoms. The fourth-order valence-corrected chi connectivity index (χ4v) is 6.83. The summed E-state index contributed by atoms with van der Waals surface area (Å²) in [6, 6.07) is 20.7. The fraction of sp³-hybridized carbons (Fsp3) is 0.442. The van der Waals surface area contributed by atoms with Crippen molar-refractivity contribution in [1.29, 1.82) is 0 Å². The van der Waals surface area contributed by atoms with Gasteiger partial charge in [0.05, 0.1) is 5.58 Å². The summed E-state index contributed by atoms with van der Waals surface area (Å²) in [5.74, 6) is 0.286. The van der Waals surface area contributed by atoms with Gasteiger partial charge in [0.15, 0.2) is 5.78 Å². The van der Waals surface area contributed by atoms with Crippen molar-refractivity contribution in [3.05, 3.63) is 89.3 Å². The Balaban J connectivity index is 0.000000251. The van der Waals surface area contributed by atoms with Gasteiger partial charge < -0.3 is 14.5 Å². The molecule has 1 N–H and O–H groups in total. The van der Waals surface area contributed by atoms with E-state index in [-0.39, 0.29) is 53.3 Å². The van der Waals surface area contributed by atoms with Crippen molar-refractivity contribution in [3.8, 4) is 11.3 Å². The third-order valence-corrected chi connectivity index (χ3v) is 11.4. The third-order valence-electron chi connectivity index (χ3n) is 11.4. The molecule has 2 aromatic heterocycles. The molecule has 5 aromatic rings. The van der Waals surface area contributed by atoms with E-state index in [1.807, 2.05) is 59.9 Å². The van der Waals surface area contributed by atoms with Crippen LogP contribution in [-0.4, -0.2) is 15.9 Å². The van der Waals surface area contributed by atoms with Crippen LogP contribution in [0.15, 0.2) is 71.0 Å². The number of aliphatic hydroxyl groups is 1. The number of carbonyl (C=O) groups excluding carboxylic acids is 1. The van der Waals surface area contributed by atoms with Gasteiger partial charge in [-0.05, 0) is 75.7 Å². The van der Waals surface area contributed by atoms with Gasteiger partial charge in [0, 0.05) is 48.6 Å². The van der Waals surface area contributed by atoms with Gasteiger partial charge in [0.1, 0.15) is 11.3 Å². The molecule has 0 saturated heterocycles. The molecule has 4 nitrogen and oxygen atoms in total. The zero-order valence-corrected chi connectivity index (χ0v) is 33.0. The number of furan rings is 1. The molecule has 0 saturated carbocycles. The van der Waals surface area contributed by atoms with E-state index in [4.69, 9.17) is 9.40 Å². The summed E-state index contributed by atoms with van der Waals surface area (Å²) in [5, 5.41) is 14.9. The fourth-order valence-electron chi connectivity index (χ4n) is 6.83. The van der Waals surface area contributed by atoms with E-state index >= 15 is 0 Å². The first-order valence-corrected chi connectivity index (χ1v) is 17.3. The third kappa shape index (κ3) is 6.29. The largest absolute Gasteiger partial charge is 0.512 e. The standard InChI is InChI=1S/C28H24NO.C15H28O2.Ir/c1-27(2,3)17-13-12-16-15-29-26-18-8-6-10-21-23(18)24-20(9-7-11-22(24)30-21)28(4,5)25(26)19(16)14-17;1-7-14(5,8-2)12(16)11-13(17)15(6,9-3)10-4;/h6-7,9-15H,1-5H3;11,16H,7-10H2,1-6H3;/q-1;;/b;12-11-;. The van der Waals surface area contributed by atoms with Crippen LogP contribution < -0.4 is 0 Å². The van der Waals surface area contributed by atoms with Gasteiger partial charge in [0.2, 0.25) is 0 Å². The molecule has 1 radical (unpaired) electrons. The quantitative estimate of drug-likeness (QED) is 0.101. The zero-order valence-electron chi connectivity index (χ0n) is 30.6. The van der Waals surface area contributed by atoms with E-state index in [9.17, 15) is 9.90 Å². The second-order valence-corrected chi connectivity index (χ2v) is 15.5. The summed E-state index contributed by atoms with van der Waals surface area (Å²) in [6.07, 6.45) is 6.76. The van der Waals surface area contributed by atoms with Crippen molar-refractivity contribution in [1.82, 2.24) is 4.98 Å². The molecule has 257 valence electrons. The minimum atomic E-state index is -0.337. The molecule has 0 amide bonds. The number of aromatic nitrogens is 1. The number of hydrogen-bond acceptors (Lipinski definition) is 4. The van der Waals surface area contributed by atoms with Gasteiger partial charge >= 0.3 is 0 Å². The number of rotatable bonds is 7. The van der Waals surface area contributed by atoms with Crippen LogP contribution in [0.5, 0.6) is 0 Å². The van der Waals surface area contributed by atoms with Gasteiger partial charge in [-0.25, -0.2) is 0 Å². The zero-order chi connectivity index (χ0) is 34.5. The number of allylic oxidation sites excluding steroid dienone is 2. The first kappa shape index (κ1) is 37.5. The van der Waals surface area contributed by atoms with Crippen LogP contribution in [0.25, 0.3) is 44.0 Å². The van der Waals surface area contributed by atoms with Crippen LogP contribution in [0.1, 0.15) is 119 Å². The molecule has 0 aliphatic heterocycles. The summed E-state index contributed by atoms with van der Waals surface area (Å²) >= 11 is 0. The van der Waals surface area contributed by atoms with Gasteiger partial charge in [0.25, 0.3) is 0 Å². The SMILES string of the molecule is CC(C)(C)c1ccc2cnc3c(c2c1)C(C)(C)c1cccc2oc4cc[c-]c-3c4c12.CCC(C)(CC)C(=O)/C=C(\O)C(C)(CC)CC.[Ir]. The van der Waals surface area contributed by atoms with Crippen molar-refractivity contribution in [2.75, 3.05) is 0 Å². The van der Waals surface area contributed by atoms with Crippen LogP contribution in [0.3, 0.4) is 0 Å². The van der Waals surface area contributed by atoms with Crippen molar-refractivity contribution in [2.24, 2.45) is 10.8 Å². The molecule has 6 rings (SSSR count). The van der Waals surface area contributed by atoms with E-state index in [0.717, 1.165) is 53.5 Å². The van der Waals surface area contributed by atoms with Crippen LogP contribution in [0, 0.1) is 16.9 Å². The van der Waals surface area contributed by atoms with Gasteiger partial charge in [-0.2, -0.15) is 0 Å². The molecule has 1 aliphatic carbocycles. The predicted octanol–water partition coefficient (Wildman–Crippen LogP) is 12.2. The Hall–Kier alpha value is -3.27. The van der Waals surface area contributed by atoms with E-state index in [0.29, 0.717) is 0 Å². The summed E-state index contributed by atoms with van der Waals surface area (Å²) in [4.78, 5) is 17.2. The number of aliphatic hydroxyl groups excluding tert-OH is 1. The second-order valence-electron chi connectivity index (χ2n) is 15.5. The summed E-state index contributed by atoms with van der Waals surface area (Å²) in [5.41, 5.74) is 7.05. The predicted molar refractivity (Wildman–Crippen MR) is 197 cm³/mol. The molecule has 5 heteroatoms. The maximum absolute atomic E-state index is 12.2. The van der Waals surface area contributed by atoms with Crippen LogP contribution in [-0.2, 0) is 35.7 Å². The van der Waals surface area contributed by atoms with Crippen LogP contribution in [0.4, 0.5) is 0 Å². The van der Waals surface area contributed by atoms with Crippen LogP contribution >= 0.6 is 0 Å². The van der Waals surface area contributed by atoms with Gasteiger partial charge in [-0.1, -0.05) is 118 Å². The molecular weight excluding hydrogens is 771 g/mol. The maximum atomic E-state index is 12.2. The number of nitrogens with zero attached hydrogens (tertiary/aromatic N) is 1. The molecule has 2 heterocycles. The Kier molecular flexibility index (Phi) is 10.6. The summed E-state index contributed by atoms with van der Waals surface area (Å²) < 4.78 is 6.22. The summed E-state index contributed by atoms with van der Waals surface area (Å²) in [6.45, 7) is 23.5. The number of ketones is 1. The first-order chi connectivity index (χ1) is 22.1. The molecule has 0 spiro atoms. The minimum absolute atomic E-state index is 0. The smallest absolute Gasteiger partial charge is 0.164 e. The Morgan fingerprint density at radius 2 is 1.52 bits per heavy atom. The molecule has 0 fully saturated rings. The van der Waals surface area contributed by atoms with E-state index in [2.05, 4.69) is 77.1 Å². The first-order valence-electron chi connectivity index (χ1n) is 17.3. The normalized spacial score (nSPS) is 14.4. The Bertz CT molecular complexity index is 2000. The number of pyridine rings is 1. The van der Waals surface area contributed by atoms with Crippen molar-refractivity contribution < 1.29 is 34.4 Å². The molecular formula is C43H52IrNO3-. The number of fused-ring (bicyclic) bond motifs is 4. The Morgan fingerprint density at radius 1 is 0.896 bits per heavy atom. The van der Waals surface area contributed by atoms with Crippen molar-refractivity contribution in [2.45, 2.75) is 113 Å².